The second-order valence-electron chi connectivity index (χ2n) is 5.04. The predicted octanol–water partition coefficient (Wildman–Crippen LogP) is 3.44. The highest BCUT2D eigenvalue weighted by atomic mass is 16.1. The van der Waals surface area contributed by atoms with Crippen molar-refractivity contribution in [3.05, 3.63) is 23.5 Å². The van der Waals surface area contributed by atoms with Crippen molar-refractivity contribution in [1.82, 2.24) is 4.57 Å². The van der Waals surface area contributed by atoms with E-state index in [1.54, 1.807) is 0 Å². The number of hydrogen-bond acceptors (Lipinski definition) is 1. The first-order valence-electron chi connectivity index (χ1n) is 6.42. The van der Waals surface area contributed by atoms with Crippen LogP contribution in [0, 0.1) is 5.92 Å². The summed E-state index contributed by atoms with van der Waals surface area (Å²) in [5.41, 5.74) is 2.26. The molecule has 2 rings (SSSR count). The minimum Gasteiger partial charge on any atom is -0.353 e. The van der Waals surface area contributed by atoms with Gasteiger partial charge in [-0.15, -0.1) is 0 Å². The monoisotopic (exact) mass is 219 g/mol. The normalized spacial score (nSPS) is 18.0. The molecule has 0 saturated heterocycles. The van der Waals surface area contributed by atoms with Crippen molar-refractivity contribution in [3.63, 3.8) is 0 Å². The van der Waals surface area contributed by atoms with E-state index in [0.717, 1.165) is 37.8 Å². The molecule has 0 spiro atoms. The third-order valence-corrected chi connectivity index (χ3v) is 3.58. The van der Waals surface area contributed by atoms with E-state index < -0.39 is 0 Å². The molecule has 16 heavy (non-hydrogen) atoms. The summed E-state index contributed by atoms with van der Waals surface area (Å²) in [5, 5.41) is 0. The smallest absolute Gasteiger partial charge is 0.164 e. The largest absolute Gasteiger partial charge is 0.353 e. The number of nitrogens with zero attached hydrogens (tertiary/aromatic N) is 1. The number of aromatic nitrogens is 1. The first-order chi connectivity index (χ1) is 7.70. The van der Waals surface area contributed by atoms with Crippen LogP contribution in [0.3, 0.4) is 0 Å². The van der Waals surface area contributed by atoms with Crippen molar-refractivity contribution in [1.29, 1.82) is 0 Å². The Morgan fingerprint density at radius 3 is 2.81 bits per heavy atom. The van der Waals surface area contributed by atoms with E-state index in [2.05, 4.69) is 30.8 Å². The first kappa shape index (κ1) is 11.4. The van der Waals surface area contributed by atoms with Crippen LogP contribution >= 0.6 is 0 Å². The van der Waals surface area contributed by atoms with Crippen LogP contribution in [0.25, 0.3) is 0 Å². The standard InChI is InChI=1S/C14H21NO/c1-3-11(2)8-15-9-12-6-4-5-7-14(16)13(12)10-15/h9-11H,3-8H2,1-2H3. The van der Waals surface area contributed by atoms with Gasteiger partial charge in [-0.05, 0) is 30.7 Å². The summed E-state index contributed by atoms with van der Waals surface area (Å²) in [6, 6.07) is 0. The maximum absolute atomic E-state index is 11.9. The van der Waals surface area contributed by atoms with Crippen molar-refractivity contribution in [3.8, 4) is 0 Å². The zero-order valence-corrected chi connectivity index (χ0v) is 10.3. The maximum atomic E-state index is 11.9. The predicted molar refractivity (Wildman–Crippen MR) is 65.8 cm³/mol. The van der Waals surface area contributed by atoms with Gasteiger partial charge in [-0.25, -0.2) is 0 Å². The fourth-order valence-electron chi connectivity index (χ4n) is 2.34. The lowest BCUT2D eigenvalue weighted by Gasteiger charge is -2.09. The van der Waals surface area contributed by atoms with Crippen LogP contribution in [0.4, 0.5) is 0 Å². The van der Waals surface area contributed by atoms with E-state index in [1.165, 1.54) is 12.0 Å². The molecule has 1 heterocycles. The number of Topliss-reactive ketones (excluding diaryl/α,β-unsaturated/α-hetero) is 1. The summed E-state index contributed by atoms with van der Waals surface area (Å²) in [7, 11) is 0. The molecule has 2 nitrogen and oxygen atoms in total. The Labute approximate surface area is 97.7 Å². The summed E-state index contributed by atoms with van der Waals surface area (Å²) < 4.78 is 2.21. The van der Waals surface area contributed by atoms with Gasteiger partial charge in [-0.3, -0.25) is 4.79 Å². The van der Waals surface area contributed by atoms with Crippen LogP contribution in [-0.4, -0.2) is 10.4 Å². The van der Waals surface area contributed by atoms with Crippen molar-refractivity contribution >= 4 is 5.78 Å². The quantitative estimate of drug-likeness (QED) is 0.714. The van der Waals surface area contributed by atoms with Crippen LogP contribution in [0.2, 0.25) is 0 Å². The Morgan fingerprint density at radius 2 is 2.06 bits per heavy atom. The van der Waals surface area contributed by atoms with E-state index in [4.69, 9.17) is 0 Å². The highest BCUT2D eigenvalue weighted by Crippen LogP contribution is 2.22. The molecule has 0 amide bonds. The van der Waals surface area contributed by atoms with Crippen LogP contribution < -0.4 is 0 Å². The SMILES string of the molecule is CCC(C)Cn1cc2c(c1)C(=O)CCCC2. The lowest BCUT2D eigenvalue weighted by molar-refractivity contribution is 0.0982. The Morgan fingerprint density at radius 1 is 1.31 bits per heavy atom. The number of hydrogen-bond donors (Lipinski definition) is 0. The molecule has 0 fully saturated rings. The number of rotatable bonds is 3. The molecule has 1 aromatic heterocycles. The van der Waals surface area contributed by atoms with E-state index in [0.29, 0.717) is 11.7 Å². The second kappa shape index (κ2) is 4.86. The zero-order chi connectivity index (χ0) is 11.5. The Hall–Kier alpha value is -1.05. The zero-order valence-electron chi connectivity index (χ0n) is 10.3. The molecule has 0 N–H and O–H groups in total. The van der Waals surface area contributed by atoms with Gasteiger partial charge in [0.15, 0.2) is 5.78 Å². The van der Waals surface area contributed by atoms with Crippen molar-refractivity contribution in [2.45, 2.75) is 52.5 Å². The molecular weight excluding hydrogens is 198 g/mol. The molecule has 1 atom stereocenters. The van der Waals surface area contributed by atoms with E-state index in [9.17, 15) is 4.79 Å². The molecule has 1 unspecified atom stereocenters. The number of carbonyl (C=O) groups is 1. The van der Waals surface area contributed by atoms with Gasteiger partial charge in [0.2, 0.25) is 0 Å². The maximum Gasteiger partial charge on any atom is 0.164 e. The van der Waals surface area contributed by atoms with Gasteiger partial charge in [0.05, 0.1) is 0 Å². The van der Waals surface area contributed by atoms with Crippen LogP contribution in [0.15, 0.2) is 12.4 Å². The molecule has 0 bridgehead atoms. The fourth-order valence-corrected chi connectivity index (χ4v) is 2.34. The molecule has 1 aliphatic rings. The summed E-state index contributed by atoms with van der Waals surface area (Å²) in [5.74, 6) is 1.03. The van der Waals surface area contributed by atoms with Gasteiger partial charge >= 0.3 is 0 Å². The highest BCUT2D eigenvalue weighted by molar-refractivity contribution is 5.97. The third kappa shape index (κ3) is 2.37. The van der Waals surface area contributed by atoms with Crippen LogP contribution in [-0.2, 0) is 13.0 Å². The molecule has 1 aromatic rings. The van der Waals surface area contributed by atoms with Crippen LogP contribution in [0.1, 0.15) is 55.5 Å². The lowest BCUT2D eigenvalue weighted by Crippen LogP contribution is -2.04. The fraction of sp³-hybridized carbons (Fsp3) is 0.643. The Kier molecular flexibility index (Phi) is 3.47. The summed E-state index contributed by atoms with van der Waals surface area (Å²) >= 11 is 0. The topological polar surface area (TPSA) is 22.0 Å². The minimum atomic E-state index is 0.343. The molecule has 0 aromatic carbocycles. The number of aryl methyl sites for hydroxylation is 1. The van der Waals surface area contributed by atoms with Gasteiger partial charge in [-0.2, -0.15) is 0 Å². The van der Waals surface area contributed by atoms with Gasteiger partial charge in [0.25, 0.3) is 0 Å². The molecule has 0 aliphatic heterocycles. The number of carbonyl (C=O) groups excluding carboxylic acids is 1. The first-order valence-corrected chi connectivity index (χ1v) is 6.42. The average Bonchev–Trinajstić information content (AvgIpc) is 2.59. The van der Waals surface area contributed by atoms with Gasteiger partial charge in [0.1, 0.15) is 0 Å². The summed E-state index contributed by atoms with van der Waals surface area (Å²) in [4.78, 5) is 11.9. The van der Waals surface area contributed by atoms with Crippen molar-refractivity contribution < 1.29 is 4.79 Å². The van der Waals surface area contributed by atoms with Crippen molar-refractivity contribution in [2.75, 3.05) is 0 Å². The summed E-state index contributed by atoms with van der Waals surface area (Å²) in [6.45, 7) is 5.51. The number of ketones is 1. The second-order valence-corrected chi connectivity index (χ2v) is 5.04. The molecule has 0 saturated carbocycles. The highest BCUT2D eigenvalue weighted by Gasteiger charge is 2.17. The molecular formula is C14H21NO. The van der Waals surface area contributed by atoms with Crippen LogP contribution in [0.5, 0.6) is 0 Å². The van der Waals surface area contributed by atoms with Crippen molar-refractivity contribution in [2.24, 2.45) is 5.92 Å². The minimum absolute atomic E-state index is 0.343. The number of fused-ring (bicyclic) bond motifs is 1. The van der Waals surface area contributed by atoms with Gasteiger partial charge in [0, 0.05) is 30.9 Å². The average molecular weight is 219 g/mol. The molecule has 88 valence electrons. The van der Waals surface area contributed by atoms with Gasteiger partial charge in [-0.1, -0.05) is 20.3 Å². The van der Waals surface area contributed by atoms with E-state index in [1.807, 2.05) is 0 Å². The van der Waals surface area contributed by atoms with Gasteiger partial charge < -0.3 is 4.57 Å². The molecule has 0 radical (unpaired) electrons. The molecule has 1 aliphatic carbocycles. The Bertz CT molecular complexity index is 378. The van der Waals surface area contributed by atoms with E-state index >= 15 is 0 Å². The van der Waals surface area contributed by atoms with E-state index in [-0.39, 0.29) is 0 Å². The lowest BCUT2D eigenvalue weighted by atomic mass is 10.1. The molecule has 2 heteroatoms. The summed E-state index contributed by atoms with van der Waals surface area (Å²) in [6.07, 6.45) is 9.47. The third-order valence-electron chi connectivity index (χ3n) is 3.58. The Balaban J connectivity index is 2.19.